The SMILES string of the molecule is C=CCC(C(C)C)C(CC)CC(C)I. The average Bonchev–Trinajstić information content (AvgIpc) is 2.10. The first-order valence-corrected chi connectivity index (χ1v) is 7.02. The third kappa shape index (κ3) is 5.38. The van der Waals surface area contributed by atoms with Gasteiger partial charge in [-0.05, 0) is 30.6 Å². The van der Waals surface area contributed by atoms with Crippen LogP contribution < -0.4 is 0 Å². The van der Waals surface area contributed by atoms with E-state index in [0.717, 1.165) is 21.7 Å². The van der Waals surface area contributed by atoms with Crippen LogP contribution >= 0.6 is 22.6 Å². The molecule has 0 nitrogen and oxygen atoms in total. The Morgan fingerprint density at radius 3 is 2.14 bits per heavy atom. The van der Waals surface area contributed by atoms with Crippen molar-refractivity contribution in [1.82, 2.24) is 0 Å². The Balaban J connectivity index is 4.32. The summed E-state index contributed by atoms with van der Waals surface area (Å²) in [6, 6.07) is 0. The highest BCUT2D eigenvalue weighted by atomic mass is 127. The minimum absolute atomic E-state index is 0.785. The van der Waals surface area contributed by atoms with Crippen molar-refractivity contribution in [3.05, 3.63) is 12.7 Å². The van der Waals surface area contributed by atoms with Gasteiger partial charge in [-0.1, -0.05) is 62.8 Å². The molecule has 0 amide bonds. The Kier molecular flexibility index (Phi) is 7.98. The van der Waals surface area contributed by atoms with Gasteiger partial charge in [0.05, 0.1) is 0 Å². The van der Waals surface area contributed by atoms with E-state index in [1.807, 2.05) is 0 Å². The molecule has 0 saturated carbocycles. The molecule has 14 heavy (non-hydrogen) atoms. The first-order valence-electron chi connectivity index (χ1n) is 5.77. The second-order valence-corrected chi connectivity index (χ2v) is 6.74. The lowest BCUT2D eigenvalue weighted by molar-refractivity contribution is 0.237. The molecule has 1 heteroatoms. The topological polar surface area (TPSA) is 0 Å². The quantitative estimate of drug-likeness (QED) is 0.350. The average molecular weight is 308 g/mol. The van der Waals surface area contributed by atoms with Crippen molar-refractivity contribution in [3.63, 3.8) is 0 Å². The van der Waals surface area contributed by atoms with Crippen LogP contribution in [0.3, 0.4) is 0 Å². The molecule has 3 unspecified atom stereocenters. The highest BCUT2D eigenvalue weighted by molar-refractivity contribution is 14.1. The van der Waals surface area contributed by atoms with Crippen LogP contribution in [0.25, 0.3) is 0 Å². The van der Waals surface area contributed by atoms with Gasteiger partial charge in [0.1, 0.15) is 0 Å². The predicted molar refractivity (Wildman–Crippen MR) is 75.0 cm³/mol. The molecule has 0 aliphatic carbocycles. The zero-order valence-corrected chi connectivity index (χ0v) is 12.3. The molecule has 0 spiro atoms. The van der Waals surface area contributed by atoms with Gasteiger partial charge in [0.25, 0.3) is 0 Å². The van der Waals surface area contributed by atoms with Crippen molar-refractivity contribution in [2.24, 2.45) is 17.8 Å². The summed E-state index contributed by atoms with van der Waals surface area (Å²) in [5.41, 5.74) is 0. The van der Waals surface area contributed by atoms with Gasteiger partial charge in [0.15, 0.2) is 0 Å². The molecule has 0 heterocycles. The van der Waals surface area contributed by atoms with Gasteiger partial charge in [-0.3, -0.25) is 0 Å². The van der Waals surface area contributed by atoms with E-state index in [2.05, 4.69) is 62.9 Å². The summed E-state index contributed by atoms with van der Waals surface area (Å²) in [5, 5.41) is 0. The third-order valence-electron chi connectivity index (χ3n) is 3.05. The van der Waals surface area contributed by atoms with Crippen molar-refractivity contribution in [1.29, 1.82) is 0 Å². The molecule has 3 atom stereocenters. The molecule has 0 saturated heterocycles. The standard InChI is InChI=1S/C13H25I/c1-6-8-13(10(3)4)12(7-2)9-11(5)14/h6,10-13H,1,7-9H2,2-5H3. The summed E-state index contributed by atoms with van der Waals surface area (Å²) < 4.78 is 0.795. The van der Waals surface area contributed by atoms with Crippen LogP contribution in [0.4, 0.5) is 0 Å². The second-order valence-electron chi connectivity index (χ2n) is 4.62. The fraction of sp³-hybridized carbons (Fsp3) is 0.846. The van der Waals surface area contributed by atoms with Crippen molar-refractivity contribution in [2.75, 3.05) is 0 Å². The van der Waals surface area contributed by atoms with Gasteiger partial charge in [-0.2, -0.15) is 0 Å². The van der Waals surface area contributed by atoms with Gasteiger partial charge < -0.3 is 0 Å². The van der Waals surface area contributed by atoms with Crippen LogP contribution in [-0.2, 0) is 0 Å². The third-order valence-corrected chi connectivity index (χ3v) is 3.56. The highest BCUT2D eigenvalue weighted by Crippen LogP contribution is 2.32. The van der Waals surface area contributed by atoms with E-state index in [0.29, 0.717) is 0 Å². The molecule has 0 aromatic heterocycles. The monoisotopic (exact) mass is 308 g/mol. The van der Waals surface area contributed by atoms with E-state index >= 15 is 0 Å². The van der Waals surface area contributed by atoms with Gasteiger partial charge in [0.2, 0.25) is 0 Å². The predicted octanol–water partition coefficient (Wildman–Crippen LogP) is 5.07. The van der Waals surface area contributed by atoms with Gasteiger partial charge in [-0.25, -0.2) is 0 Å². The van der Waals surface area contributed by atoms with E-state index in [-0.39, 0.29) is 0 Å². The van der Waals surface area contributed by atoms with Crippen molar-refractivity contribution >= 4 is 22.6 Å². The summed E-state index contributed by atoms with van der Waals surface area (Å²) in [5.74, 6) is 2.49. The fourth-order valence-corrected chi connectivity index (χ4v) is 2.92. The summed E-state index contributed by atoms with van der Waals surface area (Å²) in [4.78, 5) is 0. The maximum atomic E-state index is 3.88. The molecule has 0 N–H and O–H groups in total. The second kappa shape index (κ2) is 7.72. The molecule has 0 aliphatic rings. The van der Waals surface area contributed by atoms with E-state index < -0.39 is 0 Å². The Labute approximate surface area is 104 Å². The zero-order valence-electron chi connectivity index (χ0n) is 10.1. The fourth-order valence-electron chi connectivity index (χ4n) is 2.26. The Hall–Kier alpha value is 0.470. The lowest BCUT2D eigenvalue weighted by Crippen LogP contribution is -2.21. The molecule has 0 rings (SSSR count). The zero-order chi connectivity index (χ0) is 11.1. The molecular weight excluding hydrogens is 283 g/mol. The Morgan fingerprint density at radius 1 is 1.29 bits per heavy atom. The molecule has 0 fully saturated rings. The van der Waals surface area contributed by atoms with Crippen molar-refractivity contribution in [2.45, 2.75) is 50.9 Å². The molecule has 0 bridgehead atoms. The molecule has 0 aliphatic heterocycles. The number of allylic oxidation sites excluding steroid dienone is 1. The van der Waals surface area contributed by atoms with Gasteiger partial charge in [0, 0.05) is 3.92 Å². The molecular formula is C13H25I. The van der Waals surface area contributed by atoms with Crippen LogP contribution in [0.5, 0.6) is 0 Å². The van der Waals surface area contributed by atoms with Crippen LogP contribution in [0.2, 0.25) is 0 Å². The van der Waals surface area contributed by atoms with Crippen LogP contribution in [-0.4, -0.2) is 3.92 Å². The van der Waals surface area contributed by atoms with Gasteiger partial charge in [-0.15, -0.1) is 6.58 Å². The summed E-state index contributed by atoms with van der Waals surface area (Å²) in [6.45, 7) is 13.2. The maximum absolute atomic E-state index is 3.88. The number of rotatable bonds is 7. The van der Waals surface area contributed by atoms with Crippen molar-refractivity contribution < 1.29 is 0 Å². The molecule has 0 aromatic rings. The molecule has 84 valence electrons. The van der Waals surface area contributed by atoms with E-state index in [4.69, 9.17) is 0 Å². The Bertz CT molecular complexity index is 149. The summed E-state index contributed by atoms with van der Waals surface area (Å²) >= 11 is 2.54. The van der Waals surface area contributed by atoms with E-state index in [9.17, 15) is 0 Å². The van der Waals surface area contributed by atoms with Crippen LogP contribution in [0.1, 0.15) is 47.0 Å². The largest absolute Gasteiger partial charge is 0.103 e. The lowest BCUT2D eigenvalue weighted by atomic mass is 9.77. The summed E-state index contributed by atoms with van der Waals surface area (Å²) in [7, 11) is 0. The van der Waals surface area contributed by atoms with Crippen LogP contribution in [0, 0.1) is 17.8 Å². The number of hydrogen-bond donors (Lipinski definition) is 0. The molecule has 0 aromatic carbocycles. The maximum Gasteiger partial charge on any atom is 0.00840 e. The van der Waals surface area contributed by atoms with Crippen molar-refractivity contribution in [3.8, 4) is 0 Å². The number of halogens is 1. The number of alkyl halides is 1. The lowest BCUT2D eigenvalue weighted by Gasteiger charge is -2.29. The van der Waals surface area contributed by atoms with Gasteiger partial charge >= 0.3 is 0 Å². The normalized spacial score (nSPS) is 17.9. The molecule has 0 radical (unpaired) electrons. The first-order chi connectivity index (χ1) is 6.52. The van der Waals surface area contributed by atoms with E-state index in [1.165, 1.54) is 19.3 Å². The van der Waals surface area contributed by atoms with E-state index in [1.54, 1.807) is 0 Å². The summed E-state index contributed by atoms with van der Waals surface area (Å²) in [6.07, 6.45) is 5.93. The first kappa shape index (κ1) is 14.5. The smallest absolute Gasteiger partial charge is 0.00840 e. The number of hydrogen-bond acceptors (Lipinski definition) is 0. The highest BCUT2D eigenvalue weighted by Gasteiger charge is 2.22. The minimum atomic E-state index is 0.785. The van der Waals surface area contributed by atoms with Crippen LogP contribution in [0.15, 0.2) is 12.7 Å². The Morgan fingerprint density at radius 2 is 1.86 bits per heavy atom. The minimum Gasteiger partial charge on any atom is -0.103 e.